The Morgan fingerprint density at radius 3 is 2.43 bits per heavy atom. The van der Waals surface area contributed by atoms with Crippen molar-refractivity contribution in [1.82, 2.24) is 26.6 Å². The largest absolute Gasteiger partial charge is 0.508 e. The van der Waals surface area contributed by atoms with Crippen molar-refractivity contribution in [3.8, 4) is 5.75 Å². The number of Topliss-reactive ketones (excluding diaryl/α,β-unsaturated/α-hetero) is 2. The van der Waals surface area contributed by atoms with Gasteiger partial charge in [-0.25, -0.2) is 4.79 Å². The molecule has 10 N–H and O–H groups in total. The van der Waals surface area contributed by atoms with E-state index < -0.39 is 63.5 Å². The molecule has 15 atom stereocenters. The number of carbonyl (C=O) groups is 3. The number of allylic oxidation sites excluding steroid dienone is 8. The highest BCUT2D eigenvalue weighted by atomic mass is 16.7. The third-order valence-corrected chi connectivity index (χ3v) is 28.3. The zero-order valence-electron chi connectivity index (χ0n) is 56.3. The third kappa shape index (κ3) is 9.73. The molecule has 11 bridgehead atoms. The van der Waals surface area contributed by atoms with Gasteiger partial charge in [0.25, 0.3) is 5.60 Å². The van der Waals surface area contributed by atoms with E-state index in [0.29, 0.717) is 62.2 Å². The minimum absolute atomic E-state index is 0.0864. The fraction of sp³-hybridized carbons (Fsp3) is 0.637. The highest BCUT2D eigenvalue weighted by Gasteiger charge is 2.86. The molecule has 14 heteroatoms. The van der Waals surface area contributed by atoms with E-state index in [1.165, 1.54) is 68.1 Å². The number of esters is 1. The van der Waals surface area contributed by atoms with Crippen molar-refractivity contribution >= 4 is 17.5 Å². The van der Waals surface area contributed by atoms with Gasteiger partial charge in [0.2, 0.25) is 5.78 Å². The van der Waals surface area contributed by atoms with Gasteiger partial charge in [0.15, 0.2) is 11.4 Å². The molecule has 0 amide bonds. The predicted octanol–water partition coefficient (Wildman–Crippen LogP) is 12.1. The average Bonchev–Trinajstić information content (AvgIpc) is 1.48. The number of likely N-dealkylation sites (N-methyl/N-ethyl adjacent to an activating group) is 1. The predicted molar refractivity (Wildman–Crippen MR) is 364 cm³/mol. The van der Waals surface area contributed by atoms with Gasteiger partial charge >= 0.3 is 5.97 Å². The van der Waals surface area contributed by atoms with Crippen LogP contribution in [-0.4, -0.2) is 101 Å². The summed E-state index contributed by atoms with van der Waals surface area (Å²) in [5.74, 6) is -0.912. The molecular formula is C80H104N6O8. The van der Waals surface area contributed by atoms with Gasteiger partial charge in [-0.05, 0) is 239 Å². The summed E-state index contributed by atoms with van der Waals surface area (Å²) >= 11 is 0. The number of hydrogen-bond acceptors (Lipinski definition) is 14. The normalized spacial score (nSPS) is 38.9. The van der Waals surface area contributed by atoms with Crippen LogP contribution in [0.4, 0.5) is 0 Å². The zero-order valence-corrected chi connectivity index (χ0v) is 56.3. The second-order valence-corrected chi connectivity index (χ2v) is 33.0. The number of phenolic OH excluding ortho intramolecular Hbond substituents is 1. The SMILES string of the molecule is CCNC12C=C3C=CCC4CCCCC5(C)CC6=CNC(N)C(=C6)C(c6cccc(O)c6)CC6C(C1)C(CC(O)C61CC6(CCCC6)C6(CCCC6)C1)C(OC(=O)C16OC1(CC(CO)=C(C)CCC1=CCNC7=C1CCC(NC)N7)C(=O)c1cccc(c1C6=O)C5)C2CC34. The Kier molecular flexibility index (Phi) is 15.8. The van der Waals surface area contributed by atoms with Crippen LogP contribution in [0.15, 0.2) is 124 Å². The molecule has 4 spiro atoms. The summed E-state index contributed by atoms with van der Waals surface area (Å²) in [6, 6.07) is 13.5. The van der Waals surface area contributed by atoms with Crippen LogP contribution in [0.2, 0.25) is 0 Å². The number of aromatic hydroxyl groups is 1. The van der Waals surface area contributed by atoms with Gasteiger partial charge in [-0.15, -0.1) is 0 Å². The first-order chi connectivity index (χ1) is 45.4. The number of aliphatic hydroxyl groups is 2. The maximum absolute atomic E-state index is 17.1. The number of aliphatic hydroxyl groups excluding tert-OH is 2. The molecule has 8 aliphatic carbocycles. The fourth-order valence-electron chi connectivity index (χ4n) is 24.1. The maximum atomic E-state index is 17.1. The molecule has 6 aliphatic heterocycles. The molecule has 14 nitrogen and oxygen atoms in total. The Labute approximate surface area is 557 Å². The van der Waals surface area contributed by atoms with Crippen molar-refractivity contribution in [3.63, 3.8) is 0 Å². The summed E-state index contributed by atoms with van der Waals surface area (Å²) in [4.78, 5) is 50.2. The molecular weight excluding hydrogens is 1170 g/mol. The van der Waals surface area contributed by atoms with Gasteiger partial charge in [-0.3, -0.25) is 9.59 Å². The highest BCUT2D eigenvalue weighted by Crippen LogP contribution is 2.78. The van der Waals surface area contributed by atoms with E-state index in [1.807, 2.05) is 38.2 Å². The van der Waals surface area contributed by atoms with E-state index in [1.54, 1.807) is 12.1 Å². The molecule has 1 saturated heterocycles. The Hall–Kier alpha value is -5.61. The Balaban J connectivity index is 0.896. The van der Waals surface area contributed by atoms with Gasteiger partial charge < -0.3 is 57.1 Å². The van der Waals surface area contributed by atoms with Crippen molar-refractivity contribution in [2.75, 3.05) is 26.7 Å². The number of benzene rings is 2. The average molecular weight is 1280 g/mol. The quantitative estimate of drug-likeness (QED) is 0.0468. The van der Waals surface area contributed by atoms with E-state index in [0.717, 1.165) is 105 Å². The molecule has 2 aromatic rings. The van der Waals surface area contributed by atoms with E-state index in [2.05, 4.69) is 83.1 Å². The van der Waals surface area contributed by atoms with Crippen LogP contribution in [0, 0.1) is 57.2 Å². The maximum Gasteiger partial charge on any atom is 0.350 e. The van der Waals surface area contributed by atoms with Crippen molar-refractivity contribution in [2.45, 2.75) is 235 Å². The van der Waals surface area contributed by atoms with Crippen LogP contribution in [0.25, 0.3) is 0 Å². The number of hydrogen-bond donors (Lipinski definition) is 9. The number of ketones is 2. The molecule has 0 aromatic heterocycles. The number of rotatable bonds is 10. The van der Waals surface area contributed by atoms with Crippen LogP contribution in [-0.2, 0) is 20.7 Å². The lowest BCUT2D eigenvalue weighted by molar-refractivity contribution is -0.199. The number of fused-ring (bicyclic) bond motifs is 5. The summed E-state index contributed by atoms with van der Waals surface area (Å²) in [5.41, 5.74) is 11.6. The van der Waals surface area contributed by atoms with E-state index >= 15 is 14.4 Å². The molecule has 15 unspecified atom stereocenters. The van der Waals surface area contributed by atoms with Gasteiger partial charge in [0.05, 0.1) is 25.0 Å². The first-order valence-electron chi connectivity index (χ1n) is 37.0. The summed E-state index contributed by atoms with van der Waals surface area (Å²) in [6.07, 6.45) is 35.5. The summed E-state index contributed by atoms with van der Waals surface area (Å²) in [5, 5.41) is 55.9. The molecule has 502 valence electrons. The minimum Gasteiger partial charge on any atom is -0.508 e. The number of dihydropyridines is 2. The lowest BCUT2D eigenvalue weighted by Crippen LogP contribution is -2.68. The van der Waals surface area contributed by atoms with E-state index in [9.17, 15) is 15.3 Å². The number of nitrogens with one attached hydrogen (secondary N) is 5. The van der Waals surface area contributed by atoms with Crippen LogP contribution >= 0.6 is 0 Å². The molecule has 14 aliphatic rings. The Morgan fingerprint density at radius 2 is 1.67 bits per heavy atom. The lowest BCUT2D eigenvalue weighted by atomic mass is 9.45. The molecule has 5 saturated carbocycles. The van der Waals surface area contributed by atoms with Crippen LogP contribution < -0.4 is 32.3 Å². The second-order valence-electron chi connectivity index (χ2n) is 33.0. The third-order valence-electron chi connectivity index (χ3n) is 28.3. The van der Waals surface area contributed by atoms with Crippen LogP contribution in [0.5, 0.6) is 5.75 Å². The zero-order chi connectivity index (χ0) is 64.7. The van der Waals surface area contributed by atoms with Crippen molar-refractivity contribution < 1.29 is 39.2 Å². The van der Waals surface area contributed by atoms with Crippen LogP contribution in [0.1, 0.15) is 219 Å². The van der Waals surface area contributed by atoms with Gasteiger partial charge in [0, 0.05) is 59.0 Å². The molecule has 6 fully saturated rings. The number of epoxide rings is 1. The van der Waals surface area contributed by atoms with Crippen molar-refractivity contribution in [1.29, 1.82) is 0 Å². The fourth-order valence-corrected chi connectivity index (χ4v) is 24.1. The second kappa shape index (κ2) is 23.6. The highest BCUT2D eigenvalue weighted by molar-refractivity contribution is 6.33. The molecule has 16 rings (SSSR count). The van der Waals surface area contributed by atoms with E-state index in [-0.39, 0.29) is 82.4 Å². The Bertz CT molecular complexity index is 3630. The van der Waals surface area contributed by atoms with E-state index in [4.69, 9.17) is 15.2 Å². The van der Waals surface area contributed by atoms with Crippen LogP contribution in [0.3, 0.4) is 0 Å². The summed E-state index contributed by atoms with van der Waals surface area (Å²) in [7, 11) is 1.97. The molecule has 94 heavy (non-hydrogen) atoms. The number of ether oxygens (including phenoxy) is 2. The lowest BCUT2D eigenvalue weighted by Gasteiger charge is -2.63. The van der Waals surface area contributed by atoms with Crippen molar-refractivity contribution in [3.05, 3.63) is 146 Å². The minimum atomic E-state index is -2.33. The van der Waals surface area contributed by atoms with Gasteiger partial charge in [-0.1, -0.05) is 119 Å². The number of phenols is 1. The summed E-state index contributed by atoms with van der Waals surface area (Å²) in [6.45, 7) is 7.55. The van der Waals surface area contributed by atoms with Gasteiger partial charge in [0.1, 0.15) is 17.7 Å². The first-order valence-corrected chi connectivity index (χ1v) is 37.0. The smallest absolute Gasteiger partial charge is 0.350 e. The Morgan fingerprint density at radius 1 is 0.894 bits per heavy atom. The van der Waals surface area contributed by atoms with Gasteiger partial charge in [-0.2, -0.15) is 0 Å². The summed E-state index contributed by atoms with van der Waals surface area (Å²) < 4.78 is 14.8. The number of nitrogens with two attached hydrogens (primary N) is 1. The standard InChI is InChI=1S/C80H104N6O8/c1-5-85-78-40-52-18-12-16-49-15-6-7-27-74(3)38-48-33-61(71(81)84-43-48)59(51-17-13-20-55(88)34-51)36-63-62(42-78)60(37-65(89)77(63)45-75(28-8-9-29-75)76(46-77)30-10-11-31-76)68(64(78)35-58(49)52)93-73(92)80-70(91)67-53(39-74)19-14-21-57(67)69(90)79(80,94-80)41-54(44-87)47(2)22-23-50-26-32-83-72-56(50)24-25-66(82-4)86-72/h12-14,17-21,26,33-34,40,43,49,58-60,62-66,68,71,82-89H,5-11,15-16,22-25,27-32,35-39,41-42,44-46,81H2,1-4H3. The number of carbonyl (C=O) groups excluding carboxylic acids is 3. The molecule has 6 heterocycles. The molecule has 0 radical (unpaired) electrons. The topological polar surface area (TPSA) is 220 Å². The first kappa shape index (κ1) is 63.1. The monoisotopic (exact) mass is 1280 g/mol. The van der Waals surface area contributed by atoms with Crippen molar-refractivity contribution in [2.24, 2.45) is 62.9 Å². The molecule has 2 aromatic carbocycles.